The highest BCUT2D eigenvalue weighted by Crippen LogP contribution is 2.17. The van der Waals surface area contributed by atoms with Crippen LogP contribution >= 0.6 is 0 Å². The predicted octanol–water partition coefficient (Wildman–Crippen LogP) is -0.438. The maximum absolute atomic E-state index is 13.0. The van der Waals surface area contributed by atoms with Crippen LogP contribution < -0.4 is 15.5 Å². The first-order valence-electron chi connectivity index (χ1n) is 7.43. The average molecular weight is 306 g/mol. The van der Waals surface area contributed by atoms with Gasteiger partial charge in [0.05, 0.1) is 6.54 Å². The highest BCUT2D eigenvalue weighted by Gasteiger charge is 2.31. The molecule has 1 aromatic rings. The molecule has 22 heavy (non-hydrogen) atoms. The predicted molar refractivity (Wildman–Crippen MR) is 80.0 cm³/mol. The van der Waals surface area contributed by atoms with Crippen molar-refractivity contribution < 1.29 is 14.0 Å². The number of hydrogen-bond acceptors (Lipinski definition) is 4. The molecular formula is C15H19FN4O2. The second-order valence-corrected chi connectivity index (χ2v) is 5.54. The van der Waals surface area contributed by atoms with Gasteiger partial charge >= 0.3 is 0 Å². The van der Waals surface area contributed by atoms with E-state index >= 15 is 0 Å². The standard InChI is InChI=1S/C15H19FN4O2/c16-11-1-3-12(4-2-11)19-7-5-17-13(9-19)15(22)20-8-6-18-14(21)10-20/h1-4,13,17H,5-10H2,(H,18,21). The fraction of sp³-hybridized carbons (Fsp3) is 0.467. The minimum absolute atomic E-state index is 0.0540. The molecule has 3 rings (SSSR count). The first kappa shape index (κ1) is 14.8. The maximum Gasteiger partial charge on any atom is 0.242 e. The van der Waals surface area contributed by atoms with Gasteiger partial charge in [-0.3, -0.25) is 9.59 Å². The number of nitrogens with one attached hydrogen (secondary N) is 2. The molecule has 6 nitrogen and oxygen atoms in total. The summed E-state index contributed by atoms with van der Waals surface area (Å²) in [5.74, 6) is -0.446. The number of nitrogens with zero attached hydrogens (tertiary/aromatic N) is 2. The van der Waals surface area contributed by atoms with Gasteiger partial charge in [0.15, 0.2) is 0 Å². The van der Waals surface area contributed by atoms with Crippen LogP contribution in [0.1, 0.15) is 0 Å². The Morgan fingerprint density at radius 3 is 2.68 bits per heavy atom. The summed E-state index contributed by atoms with van der Waals surface area (Å²) < 4.78 is 13.0. The van der Waals surface area contributed by atoms with Gasteiger partial charge in [0, 0.05) is 38.4 Å². The third-order valence-electron chi connectivity index (χ3n) is 4.02. The molecule has 0 aromatic heterocycles. The summed E-state index contributed by atoms with van der Waals surface area (Å²) in [6.45, 7) is 3.11. The van der Waals surface area contributed by atoms with Crippen molar-refractivity contribution in [2.24, 2.45) is 0 Å². The highest BCUT2D eigenvalue weighted by molar-refractivity contribution is 5.89. The maximum atomic E-state index is 13.0. The van der Waals surface area contributed by atoms with E-state index in [0.717, 1.165) is 12.2 Å². The van der Waals surface area contributed by atoms with Gasteiger partial charge in [0.1, 0.15) is 11.9 Å². The highest BCUT2D eigenvalue weighted by atomic mass is 19.1. The molecule has 2 amide bonds. The molecule has 1 atom stereocenters. The van der Waals surface area contributed by atoms with Crippen LogP contribution in [0.2, 0.25) is 0 Å². The summed E-state index contributed by atoms with van der Waals surface area (Å²) >= 11 is 0. The summed E-state index contributed by atoms with van der Waals surface area (Å²) in [4.78, 5) is 27.6. The molecule has 2 saturated heterocycles. The van der Waals surface area contributed by atoms with E-state index in [1.807, 2.05) is 0 Å². The van der Waals surface area contributed by atoms with Gasteiger partial charge in [-0.15, -0.1) is 0 Å². The molecule has 2 heterocycles. The van der Waals surface area contributed by atoms with Crippen molar-refractivity contribution >= 4 is 17.5 Å². The molecule has 2 fully saturated rings. The smallest absolute Gasteiger partial charge is 0.242 e. The number of carbonyl (C=O) groups excluding carboxylic acids is 2. The van der Waals surface area contributed by atoms with Crippen LogP contribution in [0.4, 0.5) is 10.1 Å². The number of rotatable bonds is 2. The van der Waals surface area contributed by atoms with E-state index in [9.17, 15) is 14.0 Å². The Morgan fingerprint density at radius 1 is 1.18 bits per heavy atom. The molecule has 7 heteroatoms. The molecule has 0 saturated carbocycles. The van der Waals surface area contributed by atoms with Gasteiger partial charge in [-0.2, -0.15) is 0 Å². The summed E-state index contributed by atoms with van der Waals surface area (Å²) in [5.41, 5.74) is 0.900. The average Bonchev–Trinajstić information content (AvgIpc) is 2.55. The molecular weight excluding hydrogens is 287 g/mol. The summed E-state index contributed by atoms with van der Waals surface area (Å²) in [6.07, 6.45) is 0. The van der Waals surface area contributed by atoms with Crippen molar-refractivity contribution in [2.45, 2.75) is 6.04 Å². The van der Waals surface area contributed by atoms with E-state index in [2.05, 4.69) is 15.5 Å². The van der Waals surface area contributed by atoms with Crippen molar-refractivity contribution in [3.05, 3.63) is 30.1 Å². The largest absolute Gasteiger partial charge is 0.368 e. The SMILES string of the molecule is O=C1CN(C(=O)C2CN(c3ccc(F)cc3)CCN2)CCN1. The third kappa shape index (κ3) is 3.19. The quantitative estimate of drug-likeness (QED) is 0.778. The first-order chi connectivity index (χ1) is 10.6. The van der Waals surface area contributed by atoms with Crippen LogP contribution in [0.5, 0.6) is 0 Å². The molecule has 2 aliphatic heterocycles. The normalized spacial score (nSPS) is 22.4. The lowest BCUT2D eigenvalue weighted by molar-refractivity contribution is -0.139. The van der Waals surface area contributed by atoms with E-state index in [1.165, 1.54) is 12.1 Å². The molecule has 2 aliphatic rings. The Bertz CT molecular complexity index is 563. The molecule has 118 valence electrons. The summed E-state index contributed by atoms with van der Waals surface area (Å²) in [6, 6.07) is 5.93. The zero-order valence-electron chi connectivity index (χ0n) is 12.2. The minimum Gasteiger partial charge on any atom is -0.368 e. The van der Waals surface area contributed by atoms with E-state index in [4.69, 9.17) is 0 Å². The van der Waals surface area contributed by atoms with Crippen LogP contribution in [-0.2, 0) is 9.59 Å². The van der Waals surface area contributed by atoms with Crippen molar-refractivity contribution in [1.82, 2.24) is 15.5 Å². The van der Waals surface area contributed by atoms with Gasteiger partial charge in [-0.05, 0) is 24.3 Å². The number of halogens is 1. The molecule has 0 spiro atoms. The zero-order valence-corrected chi connectivity index (χ0v) is 12.2. The number of amides is 2. The number of carbonyl (C=O) groups is 2. The van der Waals surface area contributed by atoms with Gasteiger partial charge < -0.3 is 20.4 Å². The van der Waals surface area contributed by atoms with Gasteiger partial charge in [0.2, 0.25) is 11.8 Å². The third-order valence-corrected chi connectivity index (χ3v) is 4.02. The minimum atomic E-state index is -0.343. The van der Waals surface area contributed by atoms with Crippen molar-refractivity contribution in [2.75, 3.05) is 44.2 Å². The molecule has 2 N–H and O–H groups in total. The fourth-order valence-corrected chi connectivity index (χ4v) is 2.85. The van der Waals surface area contributed by atoms with Crippen LogP contribution in [0.15, 0.2) is 24.3 Å². The Kier molecular flexibility index (Phi) is 4.24. The number of benzene rings is 1. The van der Waals surface area contributed by atoms with E-state index in [-0.39, 0.29) is 30.2 Å². The lowest BCUT2D eigenvalue weighted by atomic mass is 10.1. The Balaban J connectivity index is 1.66. The Morgan fingerprint density at radius 2 is 1.95 bits per heavy atom. The molecule has 1 aromatic carbocycles. The topological polar surface area (TPSA) is 64.7 Å². The lowest BCUT2D eigenvalue weighted by Crippen LogP contribution is -2.61. The zero-order chi connectivity index (χ0) is 15.5. The Labute approximate surface area is 128 Å². The van der Waals surface area contributed by atoms with Gasteiger partial charge in [0.25, 0.3) is 0 Å². The van der Waals surface area contributed by atoms with Crippen LogP contribution in [-0.4, -0.2) is 62.0 Å². The van der Waals surface area contributed by atoms with Crippen LogP contribution in [0.3, 0.4) is 0 Å². The summed E-state index contributed by atoms with van der Waals surface area (Å²) in [7, 11) is 0. The van der Waals surface area contributed by atoms with Gasteiger partial charge in [-0.1, -0.05) is 0 Å². The Hall–Kier alpha value is -2.15. The molecule has 1 unspecified atom stereocenters. The van der Waals surface area contributed by atoms with Crippen molar-refractivity contribution in [3.63, 3.8) is 0 Å². The van der Waals surface area contributed by atoms with Crippen molar-refractivity contribution in [1.29, 1.82) is 0 Å². The van der Waals surface area contributed by atoms with Gasteiger partial charge in [-0.25, -0.2) is 4.39 Å². The first-order valence-corrected chi connectivity index (χ1v) is 7.43. The van der Waals surface area contributed by atoms with E-state index in [0.29, 0.717) is 26.2 Å². The van der Waals surface area contributed by atoms with Crippen LogP contribution in [0, 0.1) is 5.82 Å². The molecule has 0 bridgehead atoms. The van der Waals surface area contributed by atoms with E-state index in [1.54, 1.807) is 17.0 Å². The lowest BCUT2D eigenvalue weighted by Gasteiger charge is -2.37. The molecule has 0 radical (unpaired) electrons. The second-order valence-electron chi connectivity index (χ2n) is 5.54. The number of anilines is 1. The van der Waals surface area contributed by atoms with Crippen LogP contribution in [0.25, 0.3) is 0 Å². The molecule has 0 aliphatic carbocycles. The summed E-state index contributed by atoms with van der Waals surface area (Å²) in [5, 5.41) is 5.91. The second kappa shape index (κ2) is 6.31. The monoisotopic (exact) mass is 306 g/mol. The van der Waals surface area contributed by atoms with E-state index < -0.39 is 0 Å². The fourth-order valence-electron chi connectivity index (χ4n) is 2.85. The number of piperazine rings is 2. The number of hydrogen-bond donors (Lipinski definition) is 2. The van der Waals surface area contributed by atoms with Crippen molar-refractivity contribution in [3.8, 4) is 0 Å².